The number of ether oxygens (including phenoxy) is 2. The molecule has 0 bridgehead atoms. The molecule has 1 unspecified atom stereocenters. The topological polar surface area (TPSA) is 96.2 Å². The zero-order chi connectivity index (χ0) is 12.6. The summed E-state index contributed by atoms with van der Waals surface area (Å²) in [6.07, 6.45) is -1.00. The smallest absolute Gasteiger partial charge is 0.342 e. The van der Waals surface area contributed by atoms with Gasteiger partial charge in [0.25, 0.3) is 0 Å². The van der Waals surface area contributed by atoms with Gasteiger partial charge in [-0.15, -0.1) is 0 Å². The Hall–Kier alpha value is -1.79. The van der Waals surface area contributed by atoms with Crippen molar-refractivity contribution in [3.63, 3.8) is 0 Å². The molecule has 0 amide bonds. The van der Waals surface area contributed by atoms with Crippen molar-refractivity contribution in [2.45, 2.75) is 12.7 Å². The van der Waals surface area contributed by atoms with Crippen molar-refractivity contribution < 1.29 is 29.6 Å². The highest BCUT2D eigenvalue weighted by atomic mass is 16.5. The molecule has 6 nitrogen and oxygen atoms in total. The molecule has 1 aromatic carbocycles. The van der Waals surface area contributed by atoms with E-state index in [9.17, 15) is 15.0 Å². The Morgan fingerprint density at radius 3 is 2.88 bits per heavy atom. The first kappa shape index (κ1) is 11.7. The zero-order valence-corrected chi connectivity index (χ0v) is 9.14. The maximum Gasteiger partial charge on any atom is 0.342 e. The van der Waals surface area contributed by atoms with Crippen LogP contribution < -0.4 is 4.74 Å². The molecule has 92 valence electrons. The number of benzene rings is 1. The number of carbonyl (C=O) groups is 1. The monoisotopic (exact) mass is 240 g/mol. The van der Waals surface area contributed by atoms with Crippen LogP contribution in [0.1, 0.15) is 27.6 Å². The van der Waals surface area contributed by atoms with Crippen LogP contribution in [0.15, 0.2) is 6.07 Å². The standard InChI is InChI=1S/C11H12O6/c1-16-8-2-5-7(13)4-17-11(15)9(5)10(14)6(8)3-12/h2,7,12-14H,3-4H2,1H3. The van der Waals surface area contributed by atoms with Crippen LogP contribution in [-0.4, -0.2) is 35.0 Å². The number of aromatic hydroxyl groups is 1. The Kier molecular flexibility index (Phi) is 2.91. The van der Waals surface area contributed by atoms with Crippen LogP contribution in [0.25, 0.3) is 0 Å². The van der Waals surface area contributed by atoms with E-state index in [1.165, 1.54) is 13.2 Å². The highest BCUT2D eigenvalue weighted by Gasteiger charge is 2.31. The van der Waals surface area contributed by atoms with Crippen molar-refractivity contribution in [1.82, 2.24) is 0 Å². The predicted octanol–water partition coefficient (Wildman–Crippen LogP) is 0.0969. The largest absolute Gasteiger partial charge is 0.507 e. The Morgan fingerprint density at radius 1 is 1.59 bits per heavy atom. The van der Waals surface area contributed by atoms with Crippen LogP contribution in [0.5, 0.6) is 11.5 Å². The molecule has 2 rings (SSSR count). The minimum Gasteiger partial charge on any atom is -0.507 e. The molecule has 1 aliphatic rings. The summed E-state index contributed by atoms with van der Waals surface area (Å²) >= 11 is 0. The summed E-state index contributed by atoms with van der Waals surface area (Å²) in [4.78, 5) is 11.5. The molecule has 6 heteroatoms. The van der Waals surface area contributed by atoms with Gasteiger partial charge in [-0.1, -0.05) is 0 Å². The van der Waals surface area contributed by atoms with E-state index < -0.39 is 24.4 Å². The number of rotatable bonds is 2. The molecule has 0 saturated carbocycles. The highest BCUT2D eigenvalue weighted by Crippen LogP contribution is 2.39. The van der Waals surface area contributed by atoms with Gasteiger partial charge in [-0.05, 0) is 6.07 Å². The summed E-state index contributed by atoms with van der Waals surface area (Å²) in [7, 11) is 1.37. The van der Waals surface area contributed by atoms with Gasteiger partial charge in [-0.25, -0.2) is 4.79 Å². The second-order valence-electron chi connectivity index (χ2n) is 3.64. The van der Waals surface area contributed by atoms with Crippen LogP contribution >= 0.6 is 0 Å². The Labute approximate surface area is 97.0 Å². The van der Waals surface area contributed by atoms with E-state index in [1.807, 2.05) is 0 Å². The van der Waals surface area contributed by atoms with Crippen molar-refractivity contribution in [3.05, 3.63) is 22.8 Å². The first-order valence-electron chi connectivity index (χ1n) is 4.99. The van der Waals surface area contributed by atoms with Gasteiger partial charge < -0.3 is 24.8 Å². The minimum atomic E-state index is -1.00. The lowest BCUT2D eigenvalue weighted by Gasteiger charge is -2.23. The number of esters is 1. The molecular formula is C11H12O6. The third-order valence-electron chi connectivity index (χ3n) is 2.71. The third kappa shape index (κ3) is 1.71. The average Bonchev–Trinajstić information content (AvgIpc) is 2.33. The summed E-state index contributed by atoms with van der Waals surface area (Å²) in [6, 6.07) is 1.42. The summed E-state index contributed by atoms with van der Waals surface area (Å²) in [5.41, 5.74) is 0.221. The Bertz CT molecular complexity index is 468. The van der Waals surface area contributed by atoms with E-state index in [-0.39, 0.29) is 29.0 Å². The van der Waals surface area contributed by atoms with Gasteiger partial charge in [0.2, 0.25) is 0 Å². The van der Waals surface area contributed by atoms with Crippen LogP contribution in [0.2, 0.25) is 0 Å². The summed E-state index contributed by atoms with van der Waals surface area (Å²) in [5.74, 6) is -0.914. The molecule has 1 aliphatic heterocycles. The van der Waals surface area contributed by atoms with Gasteiger partial charge in [0.05, 0.1) is 19.3 Å². The van der Waals surface area contributed by atoms with Gasteiger partial charge >= 0.3 is 5.97 Å². The number of aliphatic hydroxyl groups excluding tert-OH is 2. The van der Waals surface area contributed by atoms with Crippen molar-refractivity contribution in [1.29, 1.82) is 0 Å². The molecular weight excluding hydrogens is 228 g/mol. The lowest BCUT2D eigenvalue weighted by molar-refractivity contribution is 0.0161. The SMILES string of the molecule is COc1cc2c(c(O)c1CO)C(=O)OCC2O. The quantitative estimate of drug-likeness (QED) is 0.634. The van der Waals surface area contributed by atoms with Crippen molar-refractivity contribution in [2.24, 2.45) is 0 Å². The van der Waals surface area contributed by atoms with Gasteiger partial charge in [0.15, 0.2) is 0 Å². The lowest BCUT2D eigenvalue weighted by Crippen LogP contribution is -2.23. The molecule has 0 aromatic heterocycles. The molecule has 1 aromatic rings. The van der Waals surface area contributed by atoms with Gasteiger partial charge in [0, 0.05) is 5.56 Å². The zero-order valence-electron chi connectivity index (χ0n) is 9.14. The summed E-state index contributed by atoms with van der Waals surface area (Å²) in [6.45, 7) is -0.640. The average molecular weight is 240 g/mol. The van der Waals surface area contributed by atoms with E-state index in [4.69, 9.17) is 14.6 Å². The van der Waals surface area contributed by atoms with E-state index in [0.29, 0.717) is 0 Å². The molecule has 0 fully saturated rings. The second-order valence-corrected chi connectivity index (χ2v) is 3.64. The van der Waals surface area contributed by atoms with Crippen LogP contribution in [-0.2, 0) is 11.3 Å². The molecule has 0 aliphatic carbocycles. The van der Waals surface area contributed by atoms with Gasteiger partial charge in [0.1, 0.15) is 29.8 Å². The predicted molar refractivity (Wildman–Crippen MR) is 55.8 cm³/mol. The Morgan fingerprint density at radius 2 is 2.29 bits per heavy atom. The number of hydrogen-bond acceptors (Lipinski definition) is 6. The van der Waals surface area contributed by atoms with E-state index in [1.54, 1.807) is 0 Å². The first-order chi connectivity index (χ1) is 8.10. The molecule has 1 atom stereocenters. The second kappa shape index (κ2) is 4.23. The highest BCUT2D eigenvalue weighted by molar-refractivity contribution is 5.96. The van der Waals surface area contributed by atoms with Crippen LogP contribution in [0, 0.1) is 0 Å². The van der Waals surface area contributed by atoms with E-state index in [0.717, 1.165) is 0 Å². The number of hydrogen-bond donors (Lipinski definition) is 3. The van der Waals surface area contributed by atoms with Crippen LogP contribution in [0.3, 0.4) is 0 Å². The summed E-state index contributed by atoms with van der Waals surface area (Å²) < 4.78 is 9.68. The van der Waals surface area contributed by atoms with Gasteiger partial charge in [-0.3, -0.25) is 0 Å². The maximum absolute atomic E-state index is 11.5. The number of methoxy groups -OCH3 is 1. The molecule has 0 saturated heterocycles. The molecule has 1 heterocycles. The normalized spacial score (nSPS) is 18.5. The number of fused-ring (bicyclic) bond motifs is 1. The summed E-state index contributed by atoms with van der Waals surface area (Å²) in [5, 5.41) is 28.7. The molecule has 17 heavy (non-hydrogen) atoms. The number of cyclic esters (lactones) is 1. The number of phenols is 1. The fourth-order valence-corrected chi connectivity index (χ4v) is 1.83. The molecule has 0 radical (unpaired) electrons. The molecule has 0 spiro atoms. The third-order valence-corrected chi connectivity index (χ3v) is 2.71. The van der Waals surface area contributed by atoms with Gasteiger partial charge in [-0.2, -0.15) is 0 Å². The Balaban J connectivity index is 2.70. The number of carbonyl (C=O) groups excluding carboxylic acids is 1. The van der Waals surface area contributed by atoms with Crippen molar-refractivity contribution >= 4 is 5.97 Å². The number of aliphatic hydroxyl groups is 2. The first-order valence-corrected chi connectivity index (χ1v) is 4.99. The van der Waals surface area contributed by atoms with Crippen molar-refractivity contribution in [2.75, 3.05) is 13.7 Å². The minimum absolute atomic E-state index is 0.0947. The van der Waals surface area contributed by atoms with Crippen LogP contribution in [0.4, 0.5) is 0 Å². The lowest BCUT2D eigenvalue weighted by atomic mass is 9.96. The fraction of sp³-hybridized carbons (Fsp3) is 0.364. The fourth-order valence-electron chi connectivity index (χ4n) is 1.83. The van der Waals surface area contributed by atoms with E-state index >= 15 is 0 Å². The van der Waals surface area contributed by atoms with E-state index in [2.05, 4.69) is 0 Å². The molecule has 3 N–H and O–H groups in total. The van der Waals surface area contributed by atoms with Crippen molar-refractivity contribution in [3.8, 4) is 11.5 Å². The maximum atomic E-state index is 11.5.